The number of rotatable bonds is 6. The van der Waals surface area contributed by atoms with Gasteiger partial charge in [-0.1, -0.05) is 13.8 Å². The standard InChI is InChI=1S/C15H18F2N2O/c1-11(2)6-9-19(8-3-7-18)15(20)13-10-12(16)4-5-14(13)17/h4-5,10-11H,3,6,8-9H2,1-2H3. The Balaban J connectivity index is 2.91. The van der Waals surface area contributed by atoms with Crippen molar-refractivity contribution in [3.63, 3.8) is 0 Å². The van der Waals surface area contributed by atoms with Crippen molar-refractivity contribution in [2.75, 3.05) is 13.1 Å². The summed E-state index contributed by atoms with van der Waals surface area (Å²) in [4.78, 5) is 13.6. The van der Waals surface area contributed by atoms with Crippen molar-refractivity contribution in [3.05, 3.63) is 35.4 Å². The minimum atomic E-state index is -0.747. The molecule has 0 spiro atoms. The van der Waals surface area contributed by atoms with Crippen LogP contribution in [-0.2, 0) is 0 Å². The van der Waals surface area contributed by atoms with Gasteiger partial charge in [-0.3, -0.25) is 4.79 Å². The second kappa shape index (κ2) is 7.59. The first-order valence-electron chi connectivity index (χ1n) is 6.57. The molecule has 0 aliphatic carbocycles. The molecule has 5 heteroatoms. The summed E-state index contributed by atoms with van der Waals surface area (Å²) in [5, 5.41) is 8.62. The van der Waals surface area contributed by atoms with Crippen molar-refractivity contribution in [3.8, 4) is 6.07 Å². The molecule has 1 aromatic carbocycles. The van der Waals surface area contributed by atoms with Crippen molar-refractivity contribution in [1.29, 1.82) is 5.26 Å². The van der Waals surface area contributed by atoms with Crippen molar-refractivity contribution in [2.45, 2.75) is 26.7 Å². The van der Waals surface area contributed by atoms with Gasteiger partial charge in [0.1, 0.15) is 11.6 Å². The van der Waals surface area contributed by atoms with E-state index in [1.807, 2.05) is 19.9 Å². The summed E-state index contributed by atoms with van der Waals surface area (Å²) >= 11 is 0. The number of carbonyl (C=O) groups is 1. The van der Waals surface area contributed by atoms with Crippen LogP contribution in [0.2, 0.25) is 0 Å². The Kier molecular flexibility index (Phi) is 6.10. The van der Waals surface area contributed by atoms with Gasteiger partial charge in [-0.25, -0.2) is 8.78 Å². The molecule has 0 atom stereocenters. The Hall–Kier alpha value is -1.96. The minimum Gasteiger partial charge on any atom is -0.338 e. The van der Waals surface area contributed by atoms with Crippen LogP contribution in [0.5, 0.6) is 0 Å². The highest BCUT2D eigenvalue weighted by Crippen LogP contribution is 2.14. The number of carbonyl (C=O) groups excluding carboxylic acids is 1. The maximum Gasteiger partial charge on any atom is 0.256 e. The van der Waals surface area contributed by atoms with Crippen LogP contribution in [0.1, 0.15) is 37.0 Å². The third-order valence-corrected chi connectivity index (χ3v) is 2.92. The fourth-order valence-electron chi connectivity index (χ4n) is 1.75. The van der Waals surface area contributed by atoms with E-state index < -0.39 is 17.5 Å². The topological polar surface area (TPSA) is 44.1 Å². The Morgan fingerprint density at radius 2 is 2.05 bits per heavy atom. The van der Waals surface area contributed by atoms with Gasteiger partial charge in [-0.15, -0.1) is 0 Å². The van der Waals surface area contributed by atoms with E-state index in [0.717, 1.165) is 24.6 Å². The quantitative estimate of drug-likeness (QED) is 0.802. The highest BCUT2D eigenvalue weighted by Gasteiger charge is 2.19. The number of hydrogen-bond acceptors (Lipinski definition) is 2. The molecule has 108 valence electrons. The van der Waals surface area contributed by atoms with Crippen LogP contribution >= 0.6 is 0 Å². The Labute approximate surface area is 117 Å². The van der Waals surface area contributed by atoms with E-state index in [1.165, 1.54) is 4.90 Å². The highest BCUT2D eigenvalue weighted by atomic mass is 19.1. The molecule has 0 saturated carbocycles. The summed E-state index contributed by atoms with van der Waals surface area (Å²) in [5.41, 5.74) is -0.285. The number of nitrogens with zero attached hydrogens (tertiary/aromatic N) is 2. The zero-order valence-electron chi connectivity index (χ0n) is 11.7. The van der Waals surface area contributed by atoms with E-state index in [9.17, 15) is 13.6 Å². The van der Waals surface area contributed by atoms with Gasteiger partial charge in [-0.2, -0.15) is 5.26 Å². The second-order valence-electron chi connectivity index (χ2n) is 5.01. The number of amides is 1. The van der Waals surface area contributed by atoms with Gasteiger partial charge in [0.15, 0.2) is 0 Å². The van der Waals surface area contributed by atoms with Gasteiger partial charge in [-0.05, 0) is 30.5 Å². The van der Waals surface area contributed by atoms with Gasteiger partial charge in [0.25, 0.3) is 5.91 Å². The van der Waals surface area contributed by atoms with Crippen molar-refractivity contribution < 1.29 is 13.6 Å². The molecule has 0 fully saturated rings. The fourth-order valence-corrected chi connectivity index (χ4v) is 1.75. The average molecular weight is 280 g/mol. The van der Waals surface area contributed by atoms with E-state index in [0.29, 0.717) is 12.5 Å². The molecule has 3 nitrogen and oxygen atoms in total. The molecule has 0 bridgehead atoms. The number of halogens is 2. The van der Waals surface area contributed by atoms with E-state index in [1.54, 1.807) is 0 Å². The smallest absolute Gasteiger partial charge is 0.256 e. The molecule has 0 aliphatic heterocycles. The van der Waals surface area contributed by atoms with E-state index in [-0.39, 0.29) is 18.5 Å². The zero-order chi connectivity index (χ0) is 15.1. The van der Waals surface area contributed by atoms with E-state index in [2.05, 4.69) is 0 Å². The van der Waals surface area contributed by atoms with E-state index >= 15 is 0 Å². The second-order valence-corrected chi connectivity index (χ2v) is 5.01. The third kappa shape index (κ3) is 4.61. The molecule has 0 unspecified atom stereocenters. The van der Waals surface area contributed by atoms with Crippen LogP contribution in [0.25, 0.3) is 0 Å². The summed E-state index contributed by atoms with van der Waals surface area (Å²) < 4.78 is 26.8. The number of nitriles is 1. The number of benzene rings is 1. The summed E-state index contributed by atoms with van der Waals surface area (Å²) in [6.07, 6.45) is 0.912. The summed E-state index contributed by atoms with van der Waals surface area (Å²) in [7, 11) is 0. The van der Waals surface area contributed by atoms with Gasteiger partial charge in [0, 0.05) is 13.1 Å². The average Bonchev–Trinajstić information content (AvgIpc) is 2.40. The summed E-state index contributed by atoms with van der Waals surface area (Å²) in [6, 6.07) is 4.76. The Morgan fingerprint density at radius 3 is 2.65 bits per heavy atom. The molecule has 0 radical (unpaired) electrons. The molecule has 0 aliphatic rings. The molecular formula is C15H18F2N2O. The Bertz CT molecular complexity index is 509. The lowest BCUT2D eigenvalue weighted by atomic mass is 10.1. The lowest BCUT2D eigenvalue weighted by Gasteiger charge is -2.23. The minimum absolute atomic E-state index is 0.167. The molecule has 1 aromatic rings. The van der Waals surface area contributed by atoms with Gasteiger partial charge < -0.3 is 4.90 Å². The van der Waals surface area contributed by atoms with Crippen molar-refractivity contribution in [1.82, 2.24) is 4.90 Å². The normalized spacial score (nSPS) is 10.4. The van der Waals surface area contributed by atoms with Crippen molar-refractivity contribution in [2.24, 2.45) is 5.92 Å². The predicted molar refractivity (Wildman–Crippen MR) is 71.9 cm³/mol. The molecule has 1 amide bonds. The fraction of sp³-hybridized carbons (Fsp3) is 0.467. The van der Waals surface area contributed by atoms with Crippen molar-refractivity contribution >= 4 is 5.91 Å². The van der Waals surface area contributed by atoms with Gasteiger partial charge >= 0.3 is 0 Å². The van der Waals surface area contributed by atoms with Gasteiger partial charge in [0.2, 0.25) is 0 Å². The lowest BCUT2D eigenvalue weighted by molar-refractivity contribution is 0.0746. The monoisotopic (exact) mass is 280 g/mol. The molecule has 20 heavy (non-hydrogen) atoms. The zero-order valence-corrected chi connectivity index (χ0v) is 11.7. The van der Waals surface area contributed by atoms with E-state index in [4.69, 9.17) is 5.26 Å². The molecule has 1 rings (SSSR count). The Morgan fingerprint density at radius 1 is 1.35 bits per heavy atom. The first kappa shape index (κ1) is 16.1. The molecule has 0 aromatic heterocycles. The maximum absolute atomic E-state index is 13.6. The largest absolute Gasteiger partial charge is 0.338 e. The van der Waals surface area contributed by atoms with Crippen LogP contribution in [-0.4, -0.2) is 23.9 Å². The SMILES string of the molecule is CC(C)CCN(CCC#N)C(=O)c1cc(F)ccc1F. The summed E-state index contributed by atoms with van der Waals surface area (Å²) in [6.45, 7) is 4.66. The summed E-state index contributed by atoms with van der Waals surface area (Å²) in [5.74, 6) is -1.59. The highest BCUT2D eigenvalue weighted by molar-refractivity contribution is 5.94. The molecule has 0 N–H and O–H groups in total. The van der Waals surface area contributed by atoms with Crippen LogP contribution in [0.15, 0.2) is 18.2 Å². The van der Waals surface area contributed by atoms with Crippen LogP contribution in [0.4, 0.5) is 8.78 Å². The van der Waals surface area contributed by atoms with Crippen LogP contribution in [0, 0.1) is 28.9 Å². The van der Waals surface area contributed by atoms with Crippen LogP contribution in [0.3, 0.4) is 0 Å². The molecule has 0 saturated heterocycles. The first-order chi connectivity index (χ1) is 9.45. The molecular weight excluding hydrogens is 262 g/mol. The van der Waals surface area contributed by atoms with Gasteiger partial charge in [0.05, 0.1) is 18.1 Å². The van der Waals surface area contributed by atoms with Crippen LogP contribution < -0.4 is 0 Å². The molecule has 0 heterocycles. The lowest BCUT2D eigenvalue weighted by Crippen LogP contribution is -2.34. The first-order valence-corrected chi connectivity index (χ1v) is 6.57. The maximum atomic E-state index is 13.6. The predicted octanol–water partition coefficient (Wildman–Crippen LogP) is 3.37. The number of hydrogen-bond donors (Lipinski definition) is 0. The third-order valence-electron chi connectivity index (χ3n) is 2.92.